The van der Waals surface area contributed by atoms with Crippen molar-refractivity contribution in [2.45, 2.75) is 52.0 Å². The molecule has 76 valence electrons. The van der Waals surface area contributed by atoms with Crippen LogP contribution in [0.4, 0.5) is 0 Å². The second-order valence-corrected chi connectivity index (χ2v) is 4.50. The minimum absolute atomic E-state index is 0.205. The van der Waals surface area contributed by atoms with Gasteiger partial charge in [-0.05, 0) is 32.2 Å². The molecule has 2 nitrogen and oxygen atoms in total. The maximum atomic E-state index is 11.9. The van der Waals surface area contributed by atoms with Crippen LogP contribution >= 0.6 is 0 Å². The molecule has 0 bridgehead atoms. The first-order valence-corrected chi connectivity index (χ1v) is 5.37. The highest BCUT2D eigenvalue weighted by atomic mass is 16.1. The van der Waals surface area contributed by atoms with Crippen LogP contribution in [-0.4, -0.2) is 17.9 Å². The van der Waals surface area contributed by atoms with Gasteiger partial charge in [0.15, 0.2) is 5.78 Å². The molecule has 1 fully saturated rings. The SMILES string of the molecule is CCC(C)CC(=O)C1(C)CCCN1. The predicted octanol–water partition coefficient (Wildman–Crippen LogP) is 2.13. The molecule has 0 aliphatic carbocycles. The van der Waals surface area contributed by atoms with Gasteiger partial charge < -0.3 is 5.32 Å². The highest BCUT2D eigenvalue weighted by Gasteiger charge is 2.35. The molecule has 1 aliphatic rings. The van der Waals surface area contributed by atoms with Crippen molar-refractivity contribution >= 4 is 5.78 Å². The number of Topliss-reactive ketones (excluding diaryl/α,β-unsaturated/α-hetero) is 1. The summed E-state index contributed by atoms with van der Waals surface area (Å²) in [4.78, 5) is 11.9. The number of carbonyl (C=O) groups is 1. The number of carbonyl (C=O) groups excluding carboxylic acids is 1. The lowest BCUT2D eigenvalue weighted by Gasteiger charge is -2.24. The van der Waals surface area contributed by atoms with Crippen molar-refractivity contribution < 1.29 is 4.79 Å². The molecule has 1 saturated heterocycles. The Morgan fingerprint density at radius 3 is 2.77 bits per heavy atom. The number of rotatable bonds is 4. The van der Waals surface area contributed by atoms with Crippen LogP contribution in [0.3, 0.4) is 0 Å². The quantitative estimate of drug-likeness (QED) is 0.723. The summed E-state index contributed by atoms with van der Waals surface area (Å²) < 4.78 is 0. The van der Waals surface area contributed by atoms with E-state index in [1.54, 1.807) is 0 Å². The Morgan fingerprint density at radius 1 is 1.62 bits per heavy atom. The molecule has 1 rings (SSSR count). The van der Waals surface area contributed by atoms with Gasteiger partial charge in [0, 0.05) is 6.42 Å². The van der Waals surface area contributed by atoms with Crippen molar-refractivity contribution in [3.05, 3.63) is 0 Å². The summed E-state index contributed by atoms with van der Waals surface area (Å²) >= 11 is 0. The summed E-state index contributed by atoms with van der Waals surface area (Å²) in [6.45, 7) is 7.34. The van der Waals surface area contributed by atoms with Crippen LogP contribution in [0.1, 0.15) is 46.5 Å². The first kappa shape index (κ1) is 10.7. The second kappa shape index (κ2) is 4.23. The molecule has 1 N–H and O–H groups in total. The summed E-state index contributed by atoms with van der Waals surface area (Å²) in [7, 11) is 0. The zero-order chi connectivity index (χ0) is 9.90. The van der Waals surface area contributed by atoms with E-state index in [1.165, 1.54) is 0 Å². The number of nitrogens with one attached hydrogen (secondary N) is 1. The third-order valence-electron chi connectivity index (χ3n) is 3.21. The van der Waals surface area contributed by atoms with E-state index in [1.807, 2.05) is 6.92 Å². The fourth-order valence-electron chi connectivity index (χ4n) is 1.82. The smallest absolute Gasteiger partial charge is 0.152 e. The van der Waals surface area contributed by atoms with Gasteiger partial charge in [-0.2, -0.15) is 0 Å². The van der Waals surface area contributed by atoms with Gasteiger partial charge >= 0.3 is 0 Å². The van der Waals surface area contributed by atoms with Crippen LogP contribution in [0, 0.1) is 5.92 Å². The van der Waals surface area contributed by atoms with Crippen LogP contribution in [0.5, 0.6) is 0 Å². The van der Waals surface area contributed by atoms with Gasteiger partial charge in [-0.1, -0.05) is 20.3 Å². The first-order chi connectivity index (χ1) is 6.08. The Morgan fingerprint density at radius 2 is 2.31 bits per heavy atom. The fourth-order valence-corrected chi connectivity index (χ4v) is 1.82. The maximum absolute atomic E-state index is 11.9. The van der Waals surface area contributed by atoms with Crippen molar-refractivity contribution in [1.29, 1.82) is 0 Å². The summed E-state index contributed by atoms with van der Waals surface area (Å²) in [5.41, 5.74) is -0.205. The van der Waals surface area contributed by atoms with Gasteiger partial charge in [0.2, 0.25) is 0 Å². The summed E-state index contributed by atoms with van der Waals surface area (Å²) in [6.07, 6.45) is 3.99. The second-order valence-electron chi connectivity index (χ2n) is 4.50. The van der Waals surface area contributed by atoms with E-state index in [-0.39, 0.29) is 5.54 Å². The van der Waals surface area contributed by atoms with Crippen LogP contribution in [-0.2, 0) is 4.79 Å². The normalized spacial score (nSPS) is 30.4. The van der Waals surface area contributed by atoms with Gasteiger partial charge in [0.05, 0.1) is 5.54 Å². The van der Waals surface area contributed by atoms with E-state index < -0.39 is 0 Å². The molecule has 2 heteroatoms. The molecule has 0 radical (unpaired) electrons. The molecule has 0 aromatic rings. The van der Waals surface area contributed by atoms with Crippen molar-refractivity contribution in [2.24, 2.45) is 5.92 Å². The van der Waals surface area contributed by atoms with Crippen molar-refractivity contribution in [2.75, 3.05) is 6.54 Å². The van der Waals surface area contributed by atoms with Gasteiger partial charge in [-0.25, -0.2) is 0 Å². The molecular formula is C11H21NO. The van der Waals surface area contributed by atoms with Crippen LogP contribution in [0.2, 0.25) is 0 Å². The Hall–Kier alpha value is -0.370. The van der Waals surface area contributed by atoms with Crippen LogP contribution in [0.15, 0.2) is 0 Å². The lowest BCUT2D eigenvalue weighted by Crippen LogP contribution is -2.45. The lowest BCUT2D eigenvalue weighted by atomic mass is 9.88. The molecular weight excluding hydrogens is 162 g/mol. The number of hydrogen-bond acceptors (Lipinski definition) is 2. The third kappa shape index (κ3) is 2.53. The van der Waals surface area contributed by atoms with E-state index in [4.69, 9.17) is 0 Å². The molecule has 0 aromatic carbocycles. The molecule has 0 spiro atoms. The third-order valence-corrected chi connectivity index (χ3v) is 3.21. The standard InChI is InChI=1S/C11H21NO/c1-4-9(2)8-10(13)11(3)6-5-7-12-11/h9,12H,4-8H2,1-3H3. The minimum Gasteiger partial charge on any atom is -0.305 e. The summed E-state index contributed by atoms with van der Waals surface area (Å²) in [5, 5.41) is 3.31. The van der Waals surface area contributed by atoms with Gasteiger partial charge in [0.1, 0.15) is 0 Å². The monoisotopic (exact) mass is 183 g/mol. The van der Waals surface area contributed by atoms with Crippen molar-refractivity contribution in [1.82, 2.24) is 5.32 Å². The molecule has 2 atom stereocenters. The van der Waals surface area contributed by atoms with Crippen molar-refractivity contribution in [3.63, 3.8) is 0 Å². The largest absolute Gasteiger partial charge is 0.305 e. The zero-order valence-electron chi connectivity index (χ0n) is 9.02. The highest BCUT2D eigenvalue weighted by Crippen LogP contribution is 2.23. The Labute approximate surface area is 81.1 Å². The van der Waals surface area contributed by atoms with E-state index in [0.29, 0.717) is 11.7 Å². The summed E-state index contributed by atoms with van der Waals surface area (Å²) in [5.74, 6) is 0.936. The summed E-state index contributed by atoms with van der Waals surface area (Å²) in [6, 6.07) is 0. The average molecular weight is 183 g/mol. The lowest BCUT2D eigenvalue weighted by molar-refractivity contribution is -0.125. The molecule has 1 aliphatic heterocycles. The predicted molar refractivity (Wildman–Crippen MR) is 54.7 cm³/mol. The van der Waals surface area contributed by atoms with Crippen LogP contribution in [0.25, 0.3) is 0 Å². The Bertz CT molecular complexity index is 183. The zero-order valence-corrected chi connectivity index (χ0v) is 9.02. The number of hydrogen-bond donors (Lipinski definition) is 1. The van der Waals surface area contributed by atoms with Gasteiger partial charge in [0.25, 0.3) is 0 Å². The number of ketones is 1. The topological polar surface area (TPSA) is 29.1 Å². The van der Waals surface area contributed by atoms with E-state index >= 15 is 0 Å². The van der Waals surface area contributed by atoms with Gasteiger partial charge in [-0.15, -0.1) is 0 Å². The molecule has 0 amide bonds. The first-order valence-electron chi connectivity index (χ1n) is 5.37. The Balaban J connectivity index is 2.46. The average Bonchev–Trinajstić information content (AvgIpc) is 2.53. The fraction of sp³-hybridized carbons (Fsp3) is 0.909. The molecule has 13 heavy (non-hydrogen) atoms. The molecule has 2 unspecified atom stereocenters. The van der Waals surface area contributed by atoms with E-state index in [0.717, 1.165) is 32.2 Å². The Kier molecular flexibility index (Phi) is 3.48. The minimum atomic E-state index is -0.205. The molecule has 0 aromatic heterocycles. The highest BCUT2D eigenvalue weighted by molar-refractivity contribution is 5.88. The van der Waals surface area contributed by atoms with Gasteiger partial charge in [-0.3, -0.25) is 4.79 Å². The van der Waals surface area contributed by atoms with E-state index in [9.17, 15) is 4.79 Å². The van der Waals surface area contributed by atoms with E-state index in [2.05, 4.69) is 19.2 Å². The molecule has 0 saturated carbocycles. The van der Waals surface area contributed by atoms with Crippen molar-refractivity contribution in [3.8, 4) is 0 Å². The van der Waals surface area contributed by atoms with Crippen LogP contribution < -0.4 is 5.32 Å². The molecule has 1 heterocycles. The maximum Gasteiger partial charge on any atom is 0.152 e.